The van der Waals surface area contributed by atoms with E-state index >= 15 is 0 Å². The summed E-state index contributed by atoms with van der Waals surface area (Å²) in [6.07, 6.45) is 0.566. The van der Waals surface area contributed by atoms with Crippen LogP contribution in [0.1, 0.15) is 26.3 Å². The molecule has 1 aromatic heterocycles. The fourth-order valence-corrected chi connectivity index (χ4v) is 2.12. The van der Waals surface area contributed by atoms with Crippen molar-refractivity contribution in [3.63, 3.8) is 0 Å². The molecule has 1 N–H and O–H groups in total. The van der Waals surface area contributed by atoms with Gasteiger partial charge in [0.05, 0.1) is 7.11 Å². The van der Waals surface area contributed by atoms with Gasteiger partial charge in [-0.1, -0.05) is 20.8 Å². The van der Waals surface area contributed by atoms with Gasteiger partial charge in [-0.2, -0.15) is 0 Å². The van der Waals surface area contributed by atoms with Crippen LogP contribution >= 0.6 is 0 Å². The minimum atomic E-state index is -0.425. The van der Waals surface area contributed by atoms with Gasteiger partial charge in [-0.25, -0.2) is 4.79 Å². The second-order valence-corrected chi connectivity index (χ2v) is 6.21. The lowest BCUT2D eigenvalue weighted by Gasteiger charge is -2.17. The van der Waals surface area contributed by atoms with Crippen LogP contribution in [0.25, 0.3) is 11.0 Å². The topological polar surface area (TPSA) is 68.5 Å². The first-order chi connectivity index (χ1) is 10.3. The molecule has 1 aromatic carbocycles. The molecule has 0 atom stereocenters. The van der Waals surface area contributed by atoms with Crippen LogP contribution in [0.5, 0.6) is 5.75 Å². The van der Waals surface area contributed by atoms with Crippen LogP contribution < -0.4 is 15.7 Å². The van der Waals surface area contributed by atoms with Crippen molar-refractivity contribution in [1.82, 2.24) is 5.32 Å². The molecule has 0 unspecified atom stereocenters. The van der Waals surface area contributed by atoms with E-state index in [0.29, 0.717) is 24.3 Å². The number of nitrogens with one attached hydrogen (secondary N) is 1. The summed E-state index contributed by atoms with van der Waals surface area (Å²) in [4.78, 5) is 23.5. The molecule has 1 heterocycles. The normalized spacial score (nSPS) is 11.5. The number of benzene rings is 1. The first-order valence-electron chi connectivity index (χ1n) is 7.20. The Morgan fingerprint density at radius 2 is 2.00 bits per heavy atom. The molecule has 0 spiro atoms. The summed E-state index contributed by atoms with van der Waals surface area (Å²) in [7, 11) is 1.56. The van der Waals surface area contributed by atoms with E-state index in [9.17, 15) is 9.59 Å². The Balaban J connectivity index is 2.21. The number of amides is 1. The van der Waals surface area contributed by atoms with E-state index in [-0.39, 0.29) is 5.91 Å². The number of fused-ring (bicyclic) bond motifs is 1. The summed E-state index contributed by atoms with van der Waals surface area (Å²) in [5.41, 5.74) is 0.510. The van der Waals surface area contributed by atoms with Crippen molar-refractivity contribution in [3.05, 3.63) is 40.2 Å². The van der Waals surface area contributed by atoms with Gasteiger partial charge in [0.15, 0.2) is 0 Å². The molecule has 2 rings (SSSR count). The largest absolute Gasteiger partial charge is 0.497 e. The fourth-order valence-electron chi connectivity index (χ4n) is 2.12. The minimum absolute atomic E-state index is 0.0126. The third-order valence-corrected chi connectivity index (χ3v) is 3.40. The van der Waals surface area contributed by atoms with Gasteiger partial charge in [0.2, 0.25) is 5.91 Å². The molecule has 5 heteroatoms. The number of carbonyl (C=O) groups excluding carboxylic acids is 1. The molecule has 0 saturated heterocycles. The number of methoxy groups -OCH3 is 1. The molecule has 5 nitrogen and oxygen atoms in total. The zero-order valence-electron chi connectivity index (χ0n) is 13.4. The highest BCUT2D eigenvalue weighted by atomic mass is 16.5. The van der Waals surface area contributed by atoms with E-state index in [1.54, 1.807) is 13.2 Å². The monoisotopic (exact) mass is 303 g/mol. The van der Waals surface area contributed by atoms with Crippen LogP contribution in [-0.2, 0) is 11.2 Å². The third-order valence-electron chi connectivity index (χ3n) is 3.40. The molecule has 22 heavy (non-hydrogen) atoms. The maximum atomic E-state index is 11.9. The predicted octanol–water partition coefficient (Wildman–Crippen LogP) is 2.51. The highest BCUT2D eigenvalue weighted by molar-refractivity contribution is 5.82. The maximum Gasteiger partial charge on any atom is 0.336 e. The number of rotatable bonds is 4. The van der Waals surface area contributed by atoms with Crippen molar-refractivity contribution >= 4 is 16.9 Å². The zero-order valence-corrected chi connectivity index (χ0v) is 13.4. The second kappa shape index (κ2) is 6.22. The Labute approximate surface area is 129 Å². The van der Waals surface area contributed by atoms with E-state index < -0.39 is 11.0 Å². The average molecular weight is 303 g/mol. The van der Waals surface area contributed by atoms with Gasteiger partial charge < -0.3 is 14.5 Å². The summed E-state index contributed by atoms with van der Waals surface area (Å²) in [5, 5.41) is 3.73. The molecule has 0 saturated carbocycles. The molecule has 0 aliphatic carbocycles. The fraction of sp³-hybridized carbons (Fsp3) is 0.412. The third kappa shape index (κ3) is 3.67. The molecular formula is C17H21NO4. The van der Waals surface area contributed by atoms with Gasteiger partial charge in [0.25, 0.3) is 0 Å². The Kier molecular flexibility index (Phi) is 4.54. The Morgan fingerprint density at radius 3 is 2.64 bits per heavy atom. The second-order valence-electron chi connectivity index (χ2n) is 6.21. The summed E-state index contributed by atoms with van der Waals surface area (Å²) < 4.78 is 10.3. The lowest BCUT2D eigenvalue weighted by atomic mass is 9.95. The van der Waals surface area contributed by atoms with Crippen LogP contribution in [0.2, 0.25) is 0 Å². The zero-order chi connectivity index (χ0) is 16.3. The molecule has 0 aliphatic rings. The number of ether oxygens (including phenoxy) is 1. The van der Waals surface area contributed by atoms with Crippen LogP contribution in [0.3, 0.4) is 0 Å². The van der Waals surface area contributed by atoms with Gasteiger partial charge in [-0.05, 0) is 24.1 Å². The first kappa shape index (κ1) is 16.1. The number of hydrogen-bond acceptors (Lipinski definition) is 4. The molecule has 0 fully saturated rings. The average Bonchev–Trinajstić information content (AvgIpc) is 2.45. The van der Waals surface area contributed by atoms with Crippen molar-refractivity contribution < 1.29 is 13.9 Å². The van der Waals surface area contributed by atoms with Crippen LogP contribution in [0.4, 0.5) is 0 Å². The predicted molar refractivity (Wildman–Crippen MR) is 85.2 cm³/mol. The SMILES string of the molecule is COc1ccc2c(CCNC(=O)C(C)(C)C)cc(=O)oc2c1. The lowest BCUT2D eigenvalue weighted by molar-refractivity contribution is -0.128. The standard InChI is InChI=1S/C17H21NO4/c1-17(2,3)16(20)18-8-7-11-9-15(19)22-14-10-12(21-4)5-6-13(11)14/h5-6,9-10H,7-8H2,1-4H3,(H,18,20). The van der Waals surface area contributed by atoms with E-state index in [2.05, 4.69) is 5.32 Å². The molecule has 0 aliphatic heterocycles. The maximum absolute atomic E-state index is 11.9. The molecule has 2 aromatic rings. The van der Waals surface area contributed by atoms with E-state index in [0.717, 1.165) is 10.9 Å². The van der Waals surface area contributed by atoms with Gasteiger partial charge in [0, 0.05) is 29.5 Å². The Morgan fingerprint density at radius 1 is 1.27 bits per heavy atom. The number of hydrogen-bond donors (Lipinski definition) is 1. The molecule has 0 bridgehead atoms. The Bertz CT molecular complexity index is 740. The van der Waals surface area contributed by atoms with Crippen molar-refractivity contribution in [3.8, 4) is 5.75 Å². The van der Waals surface area contributed by atoms with Crippen molar-refractivity contribution in [2.75, 3.05) is 13.7 Å². The van der Waals surface area contributed by atoms with Crippen molar-refractivity contribution in [2.45, 2.75) is 27.2 Å². The first-order valence-corrected chi connectivity index (χ1v) is 7.20. The van der Waals surface area contributed by atoms with Gasteiger partial charge in [-0.15, -0.1) is 0 Å². The summed E-state index contributed by atoms with van der Waals surface area (Å²) in [6, 6.07) is 6.84. The quantitative estimate of drug-likeness (QED) is 0.881. The van der Waals surface area contributed by atoms with Gasteiger partial charge in [-0.3, -0.25) is 4.79 Å². The molecular weight excluding hydrogens is 282 g/mol. The van der Waals surface area contributed by atoms with Gasteiger partial charge >= 0.3 is 5.63 Å². The van der Waals surface area contributed by atoms with Crippen LogP contribution in [0, 0.1) is 5.41 Å². The van der Waals surface area contributed by atoms with E-state index in [1.165, 1.54) is 6.07 Å². The van der Waals surface area contributed by atoms with Crippen molar-refractivity contribution in [1.29, 1.82) is 0 Å². The van der Waals surface area contributed by atoms with Crippen molar-refractivity contribution in [2.24, 2.45) is 5.41 Å². The minimum Gasteiger partial charge on any atom is -0.497 e. The lowest BCUT2D eigenvalue weighted by Crippen LogP contribution is -2.36. The molecule has 1 amide bonds. The molecule has 118 valence electrons. The smallest absolute Gasteiger partial charge is 0.336 e. The highest BCUT2D eigenvalue weighted by Gasteiger charge is 2.20. The van der Waals surface area contributed by atoms with E-state index in [4.69, 9.17) is 9.15 Å². The highest BCUT2D eigenvalue weighted by Crippen LogP contribution is 2.22. The molecule has 0 radical (unpaired) electrons. The van der Waals surface area contributed by atoms with E-state index in [1.807, 2.05) is 32.9 Å². The summed E-state index contributed by atoms with van der Waals surface area (Å²) in [5.74, 6) is 0.621. The van der Waals surface area contributed by atoms with Gasteiger partial charge in [0.1, 0.15) is 11.3 Å². The van der Waals surface area contributed by atoms with Crippen LogP contribution in [-0.4, -0.2) is 19.6 Å². The number of carbonyl (C=O) groups is 1. The Hall–Kier alpha value is -2.30. The summed E-state index contributed by atoms with van der Waals surface area (Å²) in [6.45, 7) is 6.06. The van der Waals surface area contributed by atoms with Crippen LogP contribution in [0.15, 0.2) is 33.5 Å². The summed E-state index contributed by atoms with van der Waals surface area (Å²) >= 11 is 0.